The van der Waals surface area contributed by atoms with Gasteiger partial charge in [-0.15, -0.1) is 0 Å². The Labute approximate surface area is 124 Å². The number of halogens is 1. The second-order valence-electron chi connectivity index (χ2n) is 3.90. The van der Waals surface area contributed by atoms with Gasteiger partial charge in [-0.3, -0.25) is 19.3 Å². The molecule has 7 heteroatoms. The third-order valence-electron chi connectivity index (χ3n) is 2.53. The minimum absolute atomic E-state index is 0.251. The molecule has 20 heavy (non-hydrogen) atoms. The van der Waals surface area contributed by atoms with Crippen molar-refractivity contribution >= 4 is 46.6 Å². The molecule has 0 radical (unpaired) electrons. The lowest BCUT2D eigenvalue weighted by atomic mass is 10.2. The zero-order chi connectivity index (χ0) is 14.7. The fourth-order valence-electron chi connectivity index (χ4n) is 1.58. The number of hydrogen-bond acceptors (Lipinski definition) is 5. The van der Waals surface area contributed by atoms with Gasteiger partial charge in [-0.05, 0) is 35.5 Å². The smallest absolute Gasteiger partial charge is 0.325 e. The van der Waals surface area contributed by atoms with Crippen molar-refractivity contribution in [2.24, 2.45) is 0 Å². The fraction of sp³-hybridized carbons (Fsp3) is 0.154. The summed E-state index contributed by atoms with van der Waals surface area (Å²) in [5.74, 6) is -1.15. The second-order valence-corrected chi connectivity index (χ2v) is 5.33. The Morgan fingerprint density at radius 1 is 1.45 bits per heavy atom. The van der Waals surface area contributed by atoms with Gasteiger partial charge in [-0.2, -0.15) is 0 Å². The summed E-state index contributed by atoms with van der Waals surface area (Å²) in [5, 5.41) is 0.0428. The normalized spacial score (nSPS) is 16.9. The quantitative estimate of drug-likeness (QED) is 0.634. The van der Waals surface area contributed by atoms with E-state index in [0.717, 1.165) is 16.7 Å². The predicted molar refractivity (Wildman–Crippen MR) is 76.1 cm³/mol. The molecular formula is C13H10ClNO4S. The number of nitrogens with zero attached hydrogens (tertiary/aromatic N) is 1. The molecule has 104 valence electrons. The maximum atomic E-state index is 12.0. The van der Waals surface area contributed by atoms with Gasteiger partial charge < -0.3 is 4.74 Å². The highest BCUT2D eigenvalue weighted by atomic mass is 35.5. The molecule has 0 aliphatic carbocycles. The van der Waals surface area contributed by atoms with Crippen molar-refractivity contribution in [3.63, 3.8) is 0 Å². The van der Waals surface area contributed by atoms with E-state index in [4.69, 9.17) is 11.6 Å². The summed E-state index contributed by atoms with van der Waals surface area (Å²) in [6.07, 6.45) is 1.56. The first-order chi connectivity index (χ1) is 9.51. The number of esters is 1. The standard InChI is InChI=1S/C13H10ClNO4S/c1-19-11(16)7-15-12(17)10(20-13(15)18)6-8-3-2-4-9(14)5-8/h2-6H,7H2,1H3/b10-6+. The maximum absolute atomic E-state index is 12.0. The van der Waals surface area contributed by atoms with Gasteiger partial charge >= 0.3 is 5.97 Å². The van der Waals surface area contributed by atoms with Crippen LogP contribution in [0, 0.1) is 0 Å². The number of carbonyl (C=O) groups excluding carboxylic acids is 3. The molecule has 1 aromatic rings. The van der Waals surface area contributed by atoms with Crippen molar-refractivity contribution in [1.29, 1.82) is 0 Å². The van der Waals surface area contributed by atoms with E-state index in [1.54, 1.807) is 30.3 Å². The number of methoxy groups -OCH3 is 1. The molecule has 1 saturated heterocycles. The summed E-state index contributed by atoms with van der Waals surface area (Å²) < 4.78 is 4.45. The number of carbonyl (C=O) groups is 3. The highest BCUT2D eigenvalue weighted by Crippen LogP contribution is 2.32. The molecule has 0 aromatic heterocycles. The summed E-state index contributed by atoms with van der Waals surface area (Å²) in [5.41, 5.74) is 0.709. The maximum Gasteiger partial charge on any atom is 0.325 e. The predicted octanol–water partition coefficient (Wildman–Crippen LogP) is 2.55. The Morgan fingerprint density at radius 3 is 2.85 bits per heavy atom. The minimum Gasteiger partial charge on any atom is -0.468 e. The molecule has 0 bridgehead atoms. The van der Waals surface area contributed by atoms with E-state index in [1.807, 2.05) is 0 Å². The van der Waals surface area contributed by atoms with Crippen LogP contribution in [0.3, 0.4) is 0 Å². The lowest BCUT2D eigenvalue weighted by molar-refractivity contribution is -0.143. The first-order valence-electron chi connectivity index (χ1n) is 5.59. The number of benzene rings is 1. The van der Waals surface area contributed by atoms with E-state index in [9.17, 15) is 14.4 Å². The Kier molecular flexibility index (Phi) is 4.46. The van der Waals surface area contributed by atoms with Gasteiger partial charge in [0.05, 0.1) is 12.0 Å². The van der Waals surface area contributed by atoms with Crippen LogP contribution in [-0.4, -0.2) is 35.7 Å². The van der Waals surface area contributed by atoms with Crippen molar-refractivity contribution in [2.75, 3.05) is 13.7 Å². The molecule has 1 aromatic carbocycles. The number of imide groups is 1. The van der Waals surface area contributed by atoms with Gasteiger partial charge in [0, 0.05) is 5.02 Å². The van der Waals surface area contributed by atoms with Gasteiger partial charge in [-0.25, -0.2) is 0 Å². The summed E-state index contributed by atoms with van der Waals surface area (Å²) in [6, 6.07) is 6.89. The van der Waals surface area contributed by atoms with Crippen LogP contribution >= 0.6 is 23.4 Å². The number of thioether (sulfide) groups is 1. The molecule has 1 fully saturated rings. The third-order valence-corrected chi connectivity index (χ3v) is 3.68. The molecule has 0 N–H and O–H groups in total. The van der Waals surface area contributed by atoms with Crippen molar-refractivity contribution in [1.82, 2.24) is 4.90 Å². The third kappa shape index (κ3) is 3.20. The van der Waals surface area contributed by atoms with E-state index < -0.39 is 17.1 Å². The topological polar surface area (TPSA) is 63.7 Å². The van der Waals surface area contributed by atoms with Crippen LogP contribution in [0.2, 0.25) is 5.02 Å². The zero-order valence-corrected chi connectivity index (χ0v) is 12.0. The van der Waals surface area contributed by atoms with Crippen LogP contribution in [0.1, 0.15) is 5.56 Å². The largest absolute Gasteiger partial charge is 0.468 e. The van der Waals surface area contributed by atoms with Crippen molar-refractivity contribution < 1.29 is 19.1 Å². The van der Waals surface area contributed by atoms with E-state index in [-0.39, 0.29) is 11.4 Å². The molecule has 0 spiro atoms. The SMILES string of the molecule is COC(=O)CN1C(=O)S/C(=C/c2cccc(Cl)c2)C1=O. The second kappa shape index (κ2) is 6.11. The van der Waals surface area contributed by atoms with Gasteiger partial charge in [0.25, 0.3) is 11.1 Å². The number of ether oxygens (including phenoxy) is 1. The van der Waals surface area contributed by atoms with Gasteiger partial charge in [0.15, 0.2) is 0 Å². The van der Waals surface area contributed by atoms with E-state index in [2.05, 4.69) is 4.74 Å². The molecule has 2 amide bonds. The zero-order valence-electron chi connectivity index (χ0n) is 10.5. The number of rotatable bonds is 3. The lowest BCUT2D eigenvalue weighted by Crippen LogP contribution is -2.34. The summed E-state index contributed by atoms with van der Waals surface area (Å²) in [4.78, 5) is 36.0. The molecule has 0 unspecified atom stereocenters. The minimum atomic E-state index is -0.642. The number of hydrogen-bond donors (Lipinski definition) is 0. The van der Waals surface area contributed by atoms with Crippen LogP contribution in [0.4, 0.5) is 4.79 Å². The highest BCUT2D eigenvalue weighted by Gasteiger charge is 2.36. The fourth-order valence-corrected chi connectivity index (χ4v) is 2.61. The van der Waals surface area contributed by atoms with Crippen LogP contribution in [-0.2, 0) is 14.3 Å². The monoisotopic (exact) mass is 311 g/mol. The first-order valence-corrected chi connectivity index (χ1v) is 6.78. The Hall–Kier alpha value is -1.79. The Balaban J connectivity index is 2.21. The van der Waals surface area contributed by atoms with Crippen molar-refractivity contribution in [2.45, 2.75) is 0 Å². The molecule has 1 aliphatic rings. The van der Waals surface area contributed by atoms with E-state index in [0.29, 0.717) is 10.6 Å². The van der Waals surface area contributed by atoms with Crippen LogP contribution in [0.25, 0.3) is 6.08 Å². The van der Waals surface area contributed by atoms with Crippen LogP contribution < -0.4 is 0 Å². The summed E-state index contributed by atoms with van der Waals surface area (Å²) in [6.45, 7) is -0.381. The van der Waals surface area contributed by atoms with Crippen LogP contribution in [0.15, 0.2) is 29.2 Å². The first kappa shape index (κ1) is 14.6. The molecule has 1 heterocycles. The van der Waals surface area contributed by atoms with Crippen molar-refractivity contribution in [3.8, 4) is 0 Å². The van der Waals surface area contributed by atoms with Gasteiger partial charge in [0.2, 0.25) is 0 Å². The molecule has 0 atom stereocenters. The molecule has 1 aliphatic heterocycles. The molecular weight excluding hydrogens is 302 g/mol. The lowest BCUT2D eigenvalue weighted by Gasteiger charge is -2.09. The molecule has 0 saturated carbocycles. The van der Waals surface area contributed by atoms with E-state index in [1.165, 1.54) is 7.11 Å². The van der Waals surface area contributed by atoms with Crippen molar-refractivity contribution in [3.05, 3.63) is 39.8 Å². The average Bonchev–Trinajstić information content (AvgIpc) is 2.66. The summed E-state index contributed by atoms with van der Waals surface area (Å²) in [7, 11) is 1.20. The van der Waals surface area contributed by atoms with Crippen LogP contribution in [0.5, 0.6) is 0 Å². The molecule has 2 rings (SSSR count). The highest BCUT2D eigenvalue weighted by molar-refractivity contribution is 8.18. The number of amides is 2. The molecule has 5 nitrogen and oxygen atoms in total. The summed E-state index contributed by atoms with van der Waals surface area (Å²) >= 11 is 6.63. The Morgan fingerprint density at radius 2 is 2.20 bits per heavy atom. The van der Waals surface area contributed by atoms with Gasteiger partial charge in [-0.1, -0.05) is 23.7 Å². The van der Waals surface area contributed by atoms with Gasteiger partial charge in [0.1, 0.15) is 6.54 Å². The average molecular weight is 312 g/mol. The van der Waals surface area contributed by atoms with E-state index >= 15 is 0 Å². The Bertz CT molecular complexity index is 614.